The van der Waals surface area contributed by atoms with Crippen LogP contribution in [0.1, 0.15) is 29.9 Å². The third kappa shape index (κ3) is 3.74. The van der Waals surface area contributed by atoms with E-state index in [-0.39, 0.29) is 5.69 Å². The van der Waals surface area contributed by atoms with Crippen molar-refractivity contribution < 1.29 is 9.53 Å². The molecule has 4 heteroatoms. The second-order valence-electron chi connectivity index (χ2n) is 5.58. The number of aromatic nitrogens is 2. The van der Waals surface area contributed by atoms with Gasteiger partial charge in [-0.2, -0.15) is 0 Å². The van der Waals surface area contributed by atoms with Crippen LogP contribution in [0.4, 0.5) is 0 Å². The van der Waals surface area contributed by atoms with E-state index in [1.807, 2.05) is 24.3 Å². The smallest absolute Gasteiger partial charge is 0.356 e. The number of hydrogen-bond acceptors (Lipinski definition) is 4. The first-order valence-corrected chi connectivity index (χ1v) is 8.41. The van der Waals surface area contributed by atoms with E-state index in [0.717, 1.165) is 23.2 Å². The minimum absolute atomic E-state index is 0.288. The Morgan fingerprint density at radius 3 is 2.44 bits per heavy atom. The van der Waals surface area contributed by atoms with Crippen molar-refractivity contribution in [2.24, 2.45) is 0 Å². The van der Waals surface area contributed by atoms with Crippen molar-refractivity contribution in [1.29, 1.82) is 0 Å². The van der Waals surface area contributed by atoms with Gasteiger partial charge in [0.25, 0.3) is 0 Å². The quantitative estimate of drug-likeness (QED) is 0.643. The van der Waals surface area contributed by atoms with E-state index in [0.29, 0.717) is 12.3 Å². The van der Waals surface area contributed by atoms with Crippen molar-refractivity contribution in [3.8, 4) is 22.5 Å². The standard InChI is InChI=1S/C21H20N2O2/c1-3-15-8-10-16(11-9-15)17-12-13-19(21(24)25-4-2)23-20(17)18-7-5-6-14-22-18/h5-14H,3-4H2,1-2H3. The molecule has 1 aromatic carbocycles. The number of nitrogens with zero attached hydrogens (tertiary/aromatic N) is 2. The average molecular weight is 332 g/mol. The second kappa shape index (κ2) is 7.71. The molecule has 0 bridgehead atoms. The minimum atomic E-state index is -0.424. The molecule has 0 fully saturated rings. The Bertz CT molecular complexity index is 859. The van der Waals surface area contributed by atoms with Crippen LogP contribution in [0, 0.1) is 0 Å². The highest BCUT2D eigenvalue weighted by molar-refractivity contribution is 5.90. The fourth-order valence-electron chi connectivity index (χ4n) is 2.63. The molecule has 25 heavy (non-hydrogen) atoms. The van der Waals surface area contributed by atoms with Gasteiger partial charge in [0.2, 0.25) is 0 Å². The molecule has 2 aromatic heterocycles. The van der Waals surface area contributed by atoms with Crippen LogP contribution in [0.25, 0.3) is 22.5 Å². The molecule has 0 unspecified atom stereocenters. The lowest BCUT2D eigenvalue weighted by Gasteiger charge is -2.11. The summed E-state index contributed by atoms with van der Waals surface area (Å²) < 4.78 is 5.07. The van der Waals surface area contributed by atoms with E-state index < -0.39 is 5.97 Å². The largest absolute Gasteiger partial charge is 0.461 e. The second-order valence-corrected chi connectivity index (χ2v) is 5.58. The zero-order valence-electron chi connectivity index (χ0n) is 14.4. The summed E-state index contributed by atoms with van der Waals surface area (Å²) in [5.41, 5.74) is 4.95. The first kappa shape index (κ1) is 16.8. The highest BCUT2D eigenvalue weighted by Gasteiger charge is 2.15. The molecule has 0 aliphatic carbocycles. The number of hydrogen-bond donors (Lipinski definition) is 0. The van der Waals surface area contributed by atoms with Gasteiger partial charge in [-0.1, -0.05) is 37.3 Å². The molecule has 3 rings (SSSR count). The summed E-state index contributed by atoms with van der Waals surface area (Å²) in [5.74, 6) is -0.424. The van der Waals surface area contributed by atoms with Crippen LogP contribution in [0.5, 0.6) is 0 Å². The fourth-order valence-corrected chi connectivity index (χ4v) is 2.63. The van der Waals surface area contributed by atoms with Crippen LogP contribution >= 0.6 is 0 Å². The first-order chi connectivity index (χ1) is 12.2. The Morgan fingerprint density at radius 1 is 1.00 bits per heavy atom. The zero-order valence-corrected chi connectivity index (χ0v) is 14.4. The summed E-state index contributed by atoms with van der Waals surface area (Å²) in [4.78, 5) is 21.0. The Balaban J connectivity index is 2.12. The Morgan fingerprint density at radius 2 is 1.80 bits per heavy atom. The van der Waals surface area contributed by atoms with Gasteiger partial charge in [0.05, 0.1) is 18.0 Å². The monoisotopic (exact) mass is 332 g/mol. The number of benzene rings is 1. The van der Waals surface area contributed by atoms with Gasteiger partial charge in [0.15, 0.2) is 0 Å². The number of aryl methyl sites for hydroxylation is 1. The van der Waals surface area contributed by atoms with E-state index in [2.05, 4.69) is 41.2 Å². The third-order valence-electron chi connectivity index (χ3n) is 3.96. The summed E-state index contributed by atoms with van der Waals surface area (Å²) in [7, 11) is 0. The van der Waals surface area contributed by atoms with Gasteiger partial charge in [0, 0.05) is 11.8 Å². The first-order valence-electron chi connectivity index (χ1n) is 8.41. The SMILES string of the molecule is CCOC(=O)c1ccc(-c2ccc(CC)cc2)c(-c2ccccn2)n1. The van der Waals surface area contributed by atoms with E-state index in [4.69, 9.17) is 4.74 Å². The molecule has 0 N–H and O–H groups in total. The number of carbonyl (C=O) groups excluding carboxylic acids is 1. The van der Waals surface area contributed by atoms with Crippen LogP contribution in [0.3, 0.4) is 0 Å². The van der Waals surface area contributed by atoms with Crippen molar-refractivity contribution >= 4 is 5.97 Å². The Hall–Kier alpha value is -3.01. The van der Waals surface area contributed by atoms with Crippen LogP contribution < -0.4 is 0 Å². The summed E-state index contributed by atoms with van der Waals surface area (Å²) >= 11 is 0. The highest BCUT2D eigenvalue weighted by Crippen LogP contribution is 2.30. The van der Waals surface area contributed by atoms with E-state index in [9.17, 15) is 4.79 Å². The third-order valence-corrected chi connectivity index (χ3v) is 3.96. The van der Waals surface area contributed by atoms with Gasteiger partial charge >= 0.3 is 5.97 Å². The summed E-state index contributed by atoms with van der Waals surface area (Å²) in [6, 6.07) is 17.6. The van der Waals surface area contributed by atoms with Crippen LogP contribution in [0.15, 0.2) is 60.8 Å². The van der Waals surface area contributed by atoms with Gasteiger partial charge < -0.3 is 4.74 Å². The van der Waals surface area contributed by atoms with Gasteiger partial charge in [-0.05, 0) is 48.7 Å². The van der Waals surface area contributed by atoms with Crippen LogP contribution in [0.2, 0.25) is 0 Å². The summed E-state index contributed by atoms with van der Waals surface area (Å²) in [6.07, 6.45) is 2.71. The normalized spacial score (nSPS) is 10.5. The molecule has 0 aliphatic heterocycles. The maximum Gasteiger partial charge on any atom is 0.356 e. The van der Waals surface area contributed by atoms with Crippen molar-refractivity contribution in [3.05, 3.63) is 72.1 Å². The molecule has 0 saturated carbocycles. The van der Waals surface area contributed by atoms with E-state index in [1.165, 1.54) is 5.56 Å². The molecule has 0 amide bonds. The number of ether oxygens (including phenoxy) is 1. The van der Waals surface area contributed by atoms with Crippen molar-refractivity contribution in [2.75, 3.05) is 6.61 Å². The van der Waals surface area contributed by atoms with Crippen molar-refractivity contribution in [3.63, 3.8) is 0 Å². The number of carbonyl (C=O) groups is 1. The predicted octanol–water partition coefficient (Wildman–Crippen LogP) is 4.55. The minimum Gasteiger partial charge on any atom is -0.461 e. The molecule has 3 aromatic rings. The lowest BCUT2D eigenvalue weighted by atomic mass is 9.99. The lowest BCUT2D eigenvalue weighted by Crippen LogP contribution is -2.08. The van der Waals surface area contributed by atoms with Crippen molar-refractivity contribution in [1.82, 2.24) is 9.97 Å². The number of pyridine rings is 2. The summed E-state index contributed by atoms with van der Waals surface area (Å²) in [5, 5.41) is 0. The van der Waals surface area contributed by atoms with Crippen LogP contribution in [-0.2, 0) is 11.2 Å². The molecule has 0 atom stereocenters. The number of esters is 1. The highest BCUT2D eigenvalue weighted by atomic mass is 16.5. The Kier molecular flexibility index (Phi) is 5.19. The molecule has 0 radical (unpaired) electrons. The molecular formula is C21H20N2O2. The fraction of sp³-hybridized carbons (Fsp3) is 0.190. The van der Waals surface area contributed by atoms with Gasteiger partial charge in [-0.25, -0.2) is 9.78 Å². The molecule has 0 spiro atoms. The van der Waals surface area contributed by atoms with Gasteiger partial charge in [-0.15, -0.1) is 0 Å². The molecule has 4 nitrogen and oxygen atoms in total. The van der Waals surface area contributed by atoms with E-state index in [1.54, 1.807) is 19.2 Å². The maximum atomic E-state index is 12.1. The molecule has 0 aliphatic rings. The summed E-state index contributed by atoms with van der Waals surface area (Å²) in [6.45, 7) is 4.23. The van der Waals surface area contributed by atoms with Crippen LogP contribution in [-0.4, -0.2) is 22.5 Å². The maximum absolute atomic E-state index is 12.1. The Labute approximate surface area is 147 Å². The topological polar surface area (TPSA) is 52.1 Å². The van der Waals surface area contributed by atoms with Gasteiger partial charge in [0.1, 0.15) is 5.69 Å². The molecule has 2 heterocycles. The molecule has 0 saturated heterocycles. The zero-order chi connectivity index (χ0) is 17.6. The van der Waals surface area contributed by atoms with Crippen molar-refractivity contribution in [2.45, 2.75) is 20.3 Å². The lowest BCUT2D eigenvalue weighted by molar-refractivity contribution is 0.0519. The van der Waals surface area contributed by atoms with E-state index >= 15 is 0 Å². The molecular weight excluding hydrogens is 312 g/mol. The number of rotatable bonds is 5. The average Bonchev–Trinajstić information content (AvgIpc) is 2.68. The molecule has 126 valence electrons. The van der Waals surface area contributed by atoms with Gasteiger partial charge in [-0.3, -0.25) is 4.98 Å². The predicted molar refractivity (Wildman–Crippen MR) is 98.2 cm³/mol.